The molecule has 0 bridgehead atoms. The van der Waals surface area contributed by atoms with Crippen LogP contribution in [0.25, 0.3) is 122 Å². The molecule has 0 fully saturated rings. The van der Waals surface area contributed by atoms with Gasteiger partial charge >= 0.3 is 0 Å². The van der Waals surface area contributed by atoms with Crippen molar-refractivity contribution in [3.63, 3.8) is 0 Å². The fourth-order valence-corrected chi connectivity index (χ4v) is 9.05. The van der Waals surface area contributed by atoms with Crippen molar-refractivity contribution in [2.24, 2.45) is 0 Å². The lowest BCUT2D eigenvalue weighted by atomic mass is 10.0. The second-order valence-corrected chi connectivity index (χ2v) is 15.5. The number of hydrogen-bond acceptors (Lipinski definition) is 4. The van der Waals surface area contributed by atoms with E-state index in [9.17, 15) is 0 Å². The summed E-state index contributed by atoms with van der Waals surface area (Å²) in [6.07, 6.45) is 0. The lowest BCUT2D eigenvalue weighted by molar-refractivity contribution is 0.670. The van der Waals surface area contributed by atoms with Crippen LogP contribution >= 0.6 is 0 Å². The third kappa shape index (κ3) is 5.62. The second-order valence-electron chi connectivity index (χ2n) is 15.5. The minimum atomic E-state index is -0.167. The van der Waals surface area contributed by atoms with Crippen molar-refractivity contribution in [3.8, 4) is 56.7 Å². The fourth-order valence-electron chi connectivity index (χ4n) is 9.05. The van der Waals surface area contributed by atoms with Crippen LogP contribution in [-0.4, -0.2) is 24.1 Å². The Morgan fingerprint density at radius 3 is 1.65 bits per heavy atom. The minimum absolute atomic E-state index is 0.0268. The molecule has 0 aliphatic carbocycles. The van der Waals surface area contributed by atoms with E-state index in [1.807, 2.05) is 97.1 Å². The van der Waals surface area contributed by atoms with Crippen LogP contribution in [-0.2, 0) is 0 Å². The molecule has 0 saturated heterocycles. The van der Waals surface area contributed by atoms with Crippen LogP contribution in [0.1, 0.15) is 8.22 Å². The summed E-state index contributed by atoms with van der Waals surface area (Å²) in [5.41, 5.74) is 9.61. The van der Waals surface area contributed by atoms with Gasteiger partial charge in [-0.25, -0.2) is 15.0 Å². The number of para-hydroxylation sites is 4. The van der Waals surface area contributed by atoms with Crippen molar-refractivity contribution in [2.75, 3.05) is 0 Å². The molecule has 63 heavy (non-hydrogen) atoms. The summed E-state index contributed by atoms with van der Waals surface area (Å²) in [6, 6.07) is 56.6. The van der Waals surface area contributed by atoms with E-state index in [1.165, 1.54) is 12.1 Å². The molecule has 0 spiro atoms. The molecule has 0 radical (unpaired) electrons. The molecule has 0 saturated carbocycles. The predicted molar refractivity (Wildman–Crippen MR) is 258 cm³/mol. The van der Waals surface area contributed by atoms with Gasteiger partial charge in [0.05, 0.1) is 30.3 Å². The highest BCUT2D eigenvalue weighted by Gasteiger charge is 2.21. The number of hydrogen-bond donors (Lipinski definition) is 0. The van der Waals surface area contributed by atoms with E-state index in [4.69, 9.17) is 27.6 Å². The van der Waals surface area contributed by atoms with Gasteiger partial charge in [0.1, 0.15) is 11.2 Å². The lowest BCUT2D eigenvalue weighted by Crippen LogP contribution is -2.00. The SMILES string of the molecule is [2H]c1cc([2H])c2c(c1[2H])c1c([2H])c([2H])cc([2H])c1n2-c1cc(-c2ccccc2)c2oc3cc(-c4nc(-c5ccccc5)nc(-c5ccc6c(c5)c5ccccc5n6-c5ccccc5)n4)ccc3c2c1. The van der Waals surface area contributed by atoms with Crippen LogP contribution < -0.4 is 0 Å². The average Bonchev–Trinajstić information content (AvgIpc) is 4.06. The van der Waals surface area contributed by atoms with Gasteiger partial charge in [-0.1, -0.05) is 139 Å². The van der Waals surface area contributed by atoms with Crippen molar-refractivity contribution >= 4 is 65.6 Å². The van der Waals surface area contributed by atoms with Crippen molar-refractivity contribution in [1.82, 2.24) is 24.1 Å². The van der Waals surface area contributed by atoms with E-state index in [0.717, 1.165) is 60.5 Å². The van der Waals surface area contributed by atoms with Gasteiger partial charge in [-0.2, -0.15) is 0 Å². The first-order valence-electron chi connectivity index (χ1n) is 23.7. The second kappa shape index (κ2) is 14.0. The molecule has 0 N–H and O–H groups in total. The van der Waals surface area contributed by atoms with E-state index in [2.05, 4.69) is 71.3 Å². The molecular weight excluding hydrogens is 771 g/mol. The van der Waals surface area contributed by atoms with Crippen LogP contribution in [0.15, 0.2) is 217 Å². The molecule has 0 aliphatic heterocycles. The topological polar surface area (TPSA) is 61.7 Å². The van der Waals surface area contributed by atoms with E-state index in [1.54, 1.807) is 4.57 Å². The molecule has 0 amide bonds. The highest BCUT2D eigenvalue weighted by molar-refractivity contribution is 6.14. The largest absolute Gasteiger partial charge is 0.455 e. The maximum atomic E-state index is 9.12. The molecular formula is C57H35N5O. The number of nitrogens with zero attached hydrogens (tertiary/aromatic N) is 5. The van der Waals surface area contributed by atoms with Crippen molar-refractivity contribution in [3.05, 3.63) is 212 Å². The Kier molecular flexibility index (Phi) is 6.56. The molecule has 0 aliphatic rings. The summed E-state index contributed by atoms with van der Waals surface area (Å²) in [7, 11) is 0. The van der Waals surface area contributed by atoms with Crippen LogP contribution in [0.4, 0.5) is 0 Å². The Hall–Kier alpha value is -8.61. The number of aromatic nitrogens is 5. The first kappa shape index (κ1) is 29.6. The maximum absolute atomic E-state index is 9.12. The molecule has 294 valence electrons. The Morgan fingerprint density at radius 1 is 0.365 bits per heavy atom. The molecule has 4 heterocycles. The normalized spacial score (nSPS) is 13.1. The molecule has 6 heteroatoms. The van der Waals surface area contributed by atoms with Crippen LogP contribution in [0.2, 0.25) is 0 Å². The van der Waals surface area contributed by atoms with E-state index < -0.39 is 0 Å². The highest BCUT2D eigenvalue weighted by Crippen LogP contribution is 2.42. The van der Waals surface area contributed by atoms with Gasteiger partial charge in [0.15, 0.2) is 17.5 Å². The Labute approximate surface area is 370 Å². The minimum Gasteiger partial charge on any atom is -0.455 e. The molecule has 0 unspecified atom stereocenters. The van der Waals surface area contributed by atoms with Gasteiger partial charge in [0.25, 0.3) is 0 Å². The number of benzene rings is 9. The molecule has 13 rings (SSSR count). The summed E-state index contributed by atoms with van der Waals surface area (Å²) >= 11 is 0. The zero-order valence-electron chi connectivity index (χ0n) is 39.4. The summed E-state index contributed by atoms with van der Waals surface area (Å²) in [6.45, 7) is 0. The van der Waals surface area contributed by atoms with Crippen molar-refractivity contribution < 1.29 is 12.6 Å². The lowest BCUT2D eigenvalue weighted by Gasteiger charge is -2.11. The molecule has 6 nitrogen and oxygen atoms in total. The summed E-state index contributed by atoms with van der Waals surface area (Å²) < 4.78 is 64.0. The predicted octanol–water partition coefficient (Wildman–Crippen LogP) is 14.6. The monoisotopic (exact) mass is 811 g/mol. The molecule has 0 atom stereocenters. The van der Waals surface area contributed by atoms with Gasteiger partial charge in [0, 0.05) is 65.9 Å². The third-order valence-corrected chi connectivity index (χ3v) is 11.9. The molecule has 9 aromatic carbocycles. The number of furan rings is 1. The van der Waals surface area contributed by atoms with E-state index in [0.29, 0.717) is 39.9 Å². The van der Waals surface area contributed by atoms with Gasteiger partial charge in [0.2, 0.25) is 0 Å². The van der Waals surface area contributed by atoms with Crippen molar-refractivity contribution in [2.45, 2.75) is 0 Å². The highest BCUT2D eigenvalue weighted by atomic mass is 16.3. The Bertz CT molecular complexity index is 4190. The summed E-state index contributed by atoms with van der Waals surface area (Å²) in [5.74, 6) is 1.51. The van der Waals surface area contributed by atoms with Crippen LogP contribution in [0.5, 0.6) is 0 Å². The Morgan fingerprint density at radius 2 is 0.937 bits per heavy atom. The number of fused-ring (bicyclic) bond motifs is 9. The zero-order valence-corrected chi connectivity index (χ0v) is 33.4. The molecule has 13 aromatic rings. The third-order valence-electron chi connectivity index (χ3n) is 11.9. The smallest absolute Gasteiger partial charge is 0.164 e. The van der Waals surface area contributed by atoms with Gasteiger partial charge < -0.3 is 13.6 Å². The summed E-state index contributed by atoms with van der Waals surface area (Å²) in [4.78, 5) is 15.3. The van der Waals surface area contributed by atoms with Gasteiger partial charge in [-0.05, 0) is 78.3 Å². The van der Waals surface area contributed by atoms with Crippen molar-refractivity contribution in [1.29, 1.82) is 0 Å². The Balaban J connectivity index is 1.02. The van der Waals surface area contributed by atoms with Crippen LogP contribution in [0, 0.1) is 0 Å². The fraction of sp³-hybridized carbons (Fsp3) is 0. The van der Waals surface area contributed by atoms with E-state index >= 15 is 0 Å². The zero-order chi connectivity index (χ0) is 46.7. The van der Waals surface area contributed by atoms with Crippen LogP contribution in [0.3, 0.4) is 0 Å². The summed E-state index contributed by atoms with van der Waals surface area (Å²) in [5, 5.41) is 4.15. The maximum Gasteiger partial charge on any atom is 0.164 e. The van der Waals surface area contributed by atoms with Gasteiger partial charge in [-0.15, -0.1) is 0 Å². The van der Waals surface area contributed by atoms with Gasteiger partial charge in [-0.3, -0.25) is 0 Å². The quantitative estimate of drug-likeness (QED) is 0.168. The van der Waals surface area contributed by atoms with E-state index in [-0.39, 0.29) is 58.1 Å². The average molecular weight is 812 g/mol. The first-order valence-corrected chi connectivity index (χ1v) is 20.7. The first-order chi connectivity index (χ1) is 33.7. The standard InChI is InChI=1S/C57H35N5O/c1-4-16-36(17-5-1)46-34-41(62-49-25-13-10-22-42(49)43-23-11-14-26-50(43)62)35-48-45-30-28-39(33-53(45)63-54(46)48)57-59-55(37-18-6-2-7-19-37)58-56(60-57)38-29-31-52-47(32-38)44-24-12-15-27-51(44)61(52)40-20-8-3-9-21-40/h1-35H/i10D,11D,22D,23D,25D,26D. The number of rotatable bonds is 6. The molecule has 4 aromatic heterocycles.